The molecule has 0 bridgehead atoms. The van der Waals surface area contributed by atoms with Crippen LogP contribution < -0.4 is 15.1 Å². The lowest BCUT2D eigenvalue weighted by molar-refractivity contribution is 0.159. The number of hydrogen-bond donors (Lipinski definition) is 0. The van der Waals surface area contributed by atoms with Crippen molar-refractivity contribution >= 4 is 17.0 Å². The van der Waals surface area contributed by atoms with Crippen molar-refractivity contribution in [3.05, 3.63) is 40.3 Å². The Hall–Kier alpha value is -2.23. The first kappa shape index (κ1) is 11.8. The quantitative estimate of drug-likeness (QED) is 0.738. The van der Waals surface area contributed by atoms with Crippen LogP contribution in [-0.4, -0.2) is 12.7 Å². The molecule has 0 spiro atoms. The molecule has 0 unspecified atom stereocenters. The van der Waals surface area contributed by atoms with Gasteiger partial charge in [0, 0.05) is 17.0 Å². The van der Waals surface area contributed by atoms with Gasteiger partial charge in [0.15, 0.2) is 0 Å². The minimum atomic E-state index is -0.486. The first-order valence-corrected chi connectivity index (χ1v) is 6.03. The molecule has 0 N–H and O–H groups in total. The minimum absolute atomic E-state index is 0.202. The van der Waals surface area contributed by atoms with Crippen molar-refractivity contribution in [2.75, 3.05) is 7.11 Å². The van der Waals surface area contributed by atoms with Crippen LogP contribution in [-0.2, 0) is 0 Å². The molecule has 0 atom stereocenters. The Labute approximate surface area is 110 Å². The molecule has 1 aliphatic rings. The van der Waals surface area contributed by atoms with Crippen molar-refractivity contribution in [1.82, 2.24) is 0 Å². The van der Waals surface area contributed by atoms with Gasteiger partial charge in [-0.1, -0.05) is 6.08 Å². The third-order valence-electron chi connectivity index (χ3n) is 3.09. The second kappa shape index (κ2) is 3.88. The average Bonchev–Trinajstić information content (AvgIpc) is 2.35. The molecule has 0 amide bonds. The molecule has 4 nitrogen and oxygen atoms in total. The highest BCUT2D eigenvalue weighted by Crippen LogP contribution is 2.34. The van der Waals surface area contributed by atoms with Crippen molar-refractivity contribution in [3.8, 4) is 11.5 Å². The molecule has 0 radical (unpaired) electrons. The van der Waals surface area contributed by atoms with Gasteiger partial charge in [-0.15, -0.1) is 0 Å². The highest BCUT2D eigenvalue weighted by Gasteiger charge is 2.22. The van der Waals surface area contributed by atoms with E-state index in [1.165, 1.54) is 7.11 Å². The Morgan fingerprint density at radius 1 is 1.21 bits per heavy atom. The maximum atomic E-state index is 11.6. The van der Waals surface area contributed by atoms with Crippen LogP contribution in [0.4, 0.5) is 0 Å². The van der Waals surface area contributed by atoms with E-state index in [1.807, 2.05) is 32.1 Å². The first-order chi connectivity index (χ1) is 8.98. The summed E-state index contributed by atoms with van der Waals surface area (Å²) in [5.41, 5.74) is 0.618. The second-order valence-corrected chi connectivity index (χ2v) is 5.07. The molecule has 1 aromatic heterocycles. The fraction of sp³-hybridized carbons (Fsp3) is 0.267. The van der Waals surface area contributed by atoms with Crippen molar-refractivity contribution < 1.29 is 13.9 Å². The zero-order valence-electron chi connectivity index (χ0n) is 11.0. The third-order valence-corrected chi connectivity index (χ3v) is 3.09. The monoisotopic (exact) mass is 258 g/mol. The van der Waals surface area contributed by atoms with Crippen molar-refractivity contribution in [3.63, 3.8) is 0 Å². The lowest BCUT2D eigenvalue weighted by Crippen LogP contribution is -2.27. The molecule has 3 rings (SSSR count). The highest BCUT2D eigenvalue weighted by atomic mass is 16.5. The lowest BCUT2D eigenvalue weighted by atomic mass is 10.0. The van der Waals surface area contributed by atoms with Crippen LogP contribution in [0.1, 0.15) is 19.4 Å². The molecule has 1 aliphatic heterocycles. The molecule has 4 heteroatoms. The molecule has 1 aromatic carbocycles. The van der Waals surface area contributed by atoms with Crippen LogP contribution in [0, 0.1) is 0 Å². The van der Waals surface area contributed by atoms with E-state index in [4.69, 9.17) is 13.9 Å². The fourth-order valence-electron chi connectivity index (χ4n) is 2.12. The normalized spacial score (nSPS) is 15.9. The van der Waals surface area contributed by atoms with Gasteiger partial charge in [-0.05, 0) is 32.1 Å². The van der Waals surface area contributed by atoms with Gasteiger partial charge in [0.2, 0.25) is 5.75 Å². The summed E-state index contributed by atoms with van der Waals surface area (Å²) in [5, 5.41) is 0.808. The molecule has 19 heavy (non-hydrogen) atoms. The average molecular weight is 258 g/mol. The summed E-state index contributed by atoms with van der Waals surface area (Å²) >= 11 is 0. The van der Waals surface area contributed by atoms with Crippen LogP contribution in [0.15, 0.2) is 33.5 Å². The molecule has 0 saturated heterocycles. The maximum Gasteiger partial charge on any atom is 0.379 e. The van der Waals surface area contributed by atoms with E-state index in [9.17, 15) is 4.79 Å². The van der Waals surface area contributed by atoms with Crippen LogP contribution >= 0.6 is 0 Å². The van der Waals surface area contributed by atoms with Crippen molar-refractivity contribution in [1.29, 1.82) is 0 Å². The predicted molar refractivity (Wildman–Crippen MR) is 72.8 cm³/mol. The molecule has 2 aromatic rings. The van der Waals surface area contributed by atoms with Gasteiger partial charge in [0.05, 0.1) is 7.11 Å². The number of rotatable bonds is 1. The van der Waals surface area contributed by atoms with E-state index < -0.39 is 5.63 Å². The highest BCUT2D eigenvalue weighted by molar-refractivity contribution is 5.84. The Kier molecular flexibility index (Phi) is 2.42. The predicted octanol–water partition coefficient (Wildman–Crippen LogP) is 2.99. The maximum absolute atomic E-state index is 11.6. The Morgan fingerprint density at radius 2 is 2.00 bits per heavy atom. The van der Waals surface area contributed by atoms with Crippen LogP contribution in [0.25, 0.3) is 17.0 Å². The van der Waals surface area contributed by atoms with Crippen LogP contribution in [0.3, 0.4) is 0 Å². The lowest BCUT2D eigenvalue weighted by Gasteiger charge is -2.27. The standard InChI is InChI=1S/C15H14O4/c1-15(2)5-4-9-6-10-7-13(17-3)14(16)18-11(10)8-12(9)19-15/h4-8H,1-3H3. The zero-order valence-corrected chi connectivity index (χ0v) is 11.0. The Morgan fingerprint density at radius 3 is 2.74 bits per heavy atom. The summed E-state index contributed by atoms with van der Waals surface area (Å²) in [6.07, 6.45) is 4.01. The minimum Gasteiger partial charge on any atom is -0.490 e. The summed E-state index contributed by atoms with van der Waals surface area (Å²) in [5.74, 6) is 0.918. The molecule has 0 fully saturated rings. The molecule has 0 aliphatic carbocycles. The summed E-state index contributed by atoms with van der Waals surface area (Å²) in [7, 11) is 1.45. The first-order valence-electron chi connectivity index (χ1n) is 6.03. The van der Waals surface area contributed by atoms with Crippen LogP contribution in [0.5, 0.6) is 11.5 Å². The van der Waals surface area contributed by atoms with E-state index in [1.54, 1.807) is 12.1 Å². The van der Waals surface area contributed by atoms with Gasteiger partial charge < -0.3 is 13.9 Å². The molecule has 2 heterocycles. The number of fused-ring (bicyclic) bond motifs is 2. The number of benzene rings is 1. The number of hydrogen-bond acceptors (Lipinski definition) is 4. The van der Waals surface area contributed by atoms with E-state index in [0.29, 0.717) is 11.3 Å². The van der Waals surface area contributed by atoms with E-state index in [0.717, 1.165) is 10.9 Å². The summed E-state index contributed by atoms with van der Waals surface area (Å²) < 4.78 is 16.1. The van der Waals surface area contributed by atoms with E-state index >= 15 is 0 Å². The van der Waals surface area contributed by atoms with Gasteiger partial charge in [-0.3, -0.25) is 0 Å². The topological polar surface area (TPSA) is 48.7 Å². The van der Waals surface area contributed by atoms with E-state index in [-0.39, 0.29) is 11.4 Å². The SMILES string of the molecule is COc1cc2cc3c(cc2oc1=O)OC(C)(C)C=C3. The summed E-state index contributed by atoms with van der Waals surface area (Å²) in [6, 6.07) is 5.34. The molecule has 98 valence electrons. The Bertz CT molecular complexity index is 738. The molecular formula is C15H14O4. The van der Waals surface area contributed by atoms with Gasteiger partial charge in [0.25, 0.3) is 0 Å². The molecular weight excluding hydrogens is 244 g/mol. The summed E-state index contributed by atoms with van der Waals surface area (Å²) in [6.45, 7) is 3.95. The van der Waals surface area contributed by atoms with Gasteiger partial charge in [-0.2, -0.15) is 0 Å². The third kappa shape index (κ3) is 1.99. The van der Waals surface area contributed by atoms with Crippen LogP contribution in [0.2, 0.25) is 0 Å². The largest absolute Gasteiger partial charge is 0.490 e. The number of methoxy groups -OCH3 is 1. The van der Waals surface area contributed by atoms with Gasteiger partial charge >= 0.3 is 5.63 Å². The molecule has 0 saturated carbocycles. The van der Waals surface area contributed by atoms with Gasteiger partial charge in [0.1, 0.15) is 16.9 Å². The fourth-order valence-corrected chi connectivity index (χ4v) is 2.12. The zero-order chi connectivity index (χ0) is 13.6. The van der Waals surface area contributed by atoms with Gasteiger partial charge in [-0.25, -0.2) is 4.79 Å². The summed E-state index contributed by atoms with van der Waals surface area (Å²) in [4.78, 5) is 11.6. The van der Waals surface area contributed by atoms with Crippen molar-refractivity contribution in [2.24, 2.45) is 0 Å². The van der Waals surface area contributed by atoms with E-state index in [2.05, 4.69) is 0 Å². The number of ether oxygens (including phenoxy) is 2. The van der Waals surface area contributed by atoms with Crippen molar-refractivity contribution in [2.45, 2.75) is 19.4 Å². The Balaban J connectivity index is 2.24. The second-order valence-electron chi connectivity index (χ2n) is 5.07. The smallest absolute Gasteiger partial charge is 0.379 e.